The number of rotatable bonds is 7. The Labute approximate surface area is 149 Å². The minimum absolute atomic E-state index is 0.162. The molecular weight excluding hydrogens is 369 g/mol. The average Bonchev–Trinajstić information content (AvgIpc) is 3.39. The number of benzene rings is 2. The van der Waals surface area contributed by atoms with Gasteiger partial charge >= 0.3 is 0 Å². The Morgan fingerprint density at radius 3 is 2.35 bits per heavy atom. The molecule has 0 amide bonds. The second-order valence-corrected chi connectivity index (χ2v) is 7.66. The van der Waals surface area contributed by atoms with Gasteiger partial charge in [0.1, 0.15) is 10.7 Å². The number of sulfonamides is 1. The molecule has 0 saturated heterocycles. The molecule has 0 aliphatic heterocycles. The van der Waals surface area contributed by atoms with Gasteiger partial charge in [0, 0.05) is 24.4 Å². The molecule has 2 aromatic carbocycles. The highest BCUT2D eigenvalue weighted by molar-refractivity contribution is 7.89. The smallest absolute Gasteiger partial charge is 0.243 e. The second kappa shape index (κ2) is 7.26. The first-order valence-electron chi connectivity index (χ1n) is 7.86. The van der Waals surface area contributed by atoms with Crippen LogP contribution in [0.5, 0.6) is 0 Å². The molecule has 0 radical (unpaired) electrons. The standard InChI is InChI=1S/C17H17F3N2O3S/c1-25-17(10-2-6-13(18)15(20)8-10)21-12-5-7-14(19)16(9-12)26(23,24)22-11-3-4-11/h2,5-9,11,17,21-22H,3-4H2,1H3. The molecule has 0 spiro atoms. The van der Waals surface area contributed by atoms with E-state index in [-0.39, 0.29) is 17.3 Å². The van der Waals surface area contributed by atoms with Crippen LogP contribution >= 0.6 is 0 Å². The first-order chi connectivity index (χ1) is 12.3. The number of methoxy groups -OCH3 is 1. The lowest BCUT2D eigenvalue weighted by Crippen LogP contribution is -2.26. The van der Waals surface area contributed by atoms with Crippen molar-refractivity contribution < 1.29 is 26.3 Å². The lowest BCUT2D eigenvalue weighted by molar-refractivity contribution is 0.126. The number of anilines is 1. The molecule has 9 heteroatoms. The van der Waals surface area contributed by atoms with E-state index in [0.29, 0.717) is 0 Å². The number of ether oxygens (including phenoxy) is 1. The Morgan fingerprint density at radius 2 is 1.73 bits per heavy atom. The minimum Gasteiger partial charge on any atom is -0.357 e. The van der Waals surface area contributed by atoms with Crippen molar-refractivity contribution in [3.8, 4) is 0 Å². The number of halogens is 3. The van der Waals surface area contributed by atoms with Gasteiger partial charge in [-0.2, -0.15) is 0 Å². The zero-order valence-electron chi connectivity index (χ0n) is 13.8. The Bertz CT molecular complexity index is 917. The fourth-order valence-electron chi connectivity index (χ4n) is 2.39. The molecule has 3 rings (SSSR count). The zero-order valence-corrected chi connectivity index (χ0v) is 14.6. The maximum atomic E-state index is 14.0. The van der Waals surface area contributed by atoms with Gasteiger partial charge in [0.05, 0.1) is 0 Å². The Morgan fingerprint density at radius 1 is 1.04 bits per heavy atom. The quantitative estimate of drug-likeness (QED) is 0.717. The predicted molar refractivity (Wildman–Crippen MR) is 89.5 cm³/mol. The normalized spacial score (nSPS) is 15.7. The molecule has 26 heavy (non-hydrogen) atoms. The fourth-order valence-corrected chi connectivity index (χ4v) is 3.80. The molecule has 2 N–H and O–H groups in total. The molecule has 0 heterocycles. The predicted octanol–water partition coefficient (Wildman–Crippen LogP) is 3.30. The fraction of sp³-hybridized carbons (Fsp3) is 0.294. The van der Waals surface area contributed by atoms with Gasteiger partial charge in [-0.15, -0.1) is 0 Å². The average molecular weight is 386 g/mol. The van der Waals surface area contributed by atoms with Gasteiger partial charge in [0.25, 0.3) is 0 Å². The lowest BCUT2D eigenvalue weighted by Gasteiger charge is -2.19. The first kappa shape index (κ1) is 18.7. The molecule has 0 bridgehead atoms. The molecule has 5 nitrogen and oxygen atoms in total. The molecule has 0 aromatic heterocycles. The van der Waals surface area contributed by atoms with Crippen molar-refractivity contribution >= 4 is 15.7 Å². The van der Waals surface area contributed by atoms with Crippen LogP contribution in [0.3, 0.4) is 0 Å². The van der Waals surface area contributed by atoms with Crippen LogP contribution < -0.4 is 10.0 Å². The van der Waals surface area contributed by atoms with E-state index in [1.54, 1.807) is 0 Å². The van der Waals surface area contributed by atoms with E-state index in [2.05, 4.69) is 10.0 Å². The van der Waals surface area contributed by atoms with Crippen LogP contribution in [-0.2, 0) is 14.8 Å². The minimum atomic E-state index is -3.99. The summed E-state index contributed by atoms with van der Waals surface area (Å²) in [6, 6.07) is 6.57. The van der Waals surface area contributed by atoms with Gasteiger partial charge in [0.2, 0.25) is 10.0 Å². The summed E-state index contributed by atoms with van der Waals surface area (Å²) < 4.78 is 72.6. The van der Waals surface area contributed by atoms with Crippen molar-refractivity contribution in [2.24, 2.45) is 0 Å². The van der Waals surface area contributed by atoms with Crippen molar-refractivity contribution in [2.75, 3.05) is 12.4 Å². The topological polar surface area (TPSA) is 67.4 Å². The van der Waals surface area contributed by atoms with Crippen molar-refractivity contribution in [1.82, 2.24) is 4.72 Å². The van der Waals surface area contributed by atoms with Crippen molar-refractivity contribution in [3.63, 3.8) is 0 Å². The Kier molecular flexibility index (Phi) is 5.22. The van der Waals surface area contributed by atoms with E-state index in [1.165, 1.54) is 19.2 Å². The van der Waals surface area contributed by atoms with E-state index in [4.69, 9.17) is 4.74 Å². The summed E-state index contributed by atoms with van der Waals surface area (Å²) in [5, 5.41) is 2.83. The summed E-state index contributed by atoms with van der Waals surface area (Å²) in [5.41, 5.74) is 0.537. The molecular formula is C17H17F3N2O3S. The van der Waals surface area contributed by atoms with E-state index in [0.717, 1.165) is 37.1 Å². The van der Waals surface area contributed by atoms with E-state index >= 15 is 0 Å². The van der Waals surface area contributed by atoms with Crippen LogP contribution in [0, 0.1) is 17.5 Å². The van der Waals surface area contributed by atoms with Crippen LogP contribution in [-0.4, -0.2) is 21.6 Å². The van der Waals surface area contributed by atoms with E-state index in [1.807, 2.05) is 0 Å². The van der Waals surface area contributed by atoms with Gasteiger partial charge in [0.15, 0.2) is 17.9 Å². The summed E-state index contributed by atoms with van der Waals surface area (Å²) in [7, 11) is -2.64. The van der Waals surface area contributed by atoms with Crippen LogP contribution in [0.15, 0.2) is 41.3 Å². The first-order valence-corrected chi connectivity index (χ1v) is 9.34. The SMILES string of the molecule is COC(Nc1ccc(F)c(S(=O)(=O)NC2CC2)c1)c1ccc(F)c(F)c1. The van der Waals surface area contributed by atoms with E-state index < -0.39 is 38.6 Å². The molecule has 1 unspecified atom stereocenters. The molecule has 1 fully saturated rings. The number of hydrogen-bond acceptors (Lipinski definition) is 4. The Hall–Kier alpha value is -2.10. The largest absolute Gasteiger partial charge is 0.357 e. The van der Waals surface area contributed by atoms with E-state index in [9.17, 15) is 21.6 Å². The zero-order chi connectivity index (χ0) is 18.9. The van der Waals surface area contributed by atoms with Crippen molar-refractivity contribution in [1.29, 1.82) is 0 Å². The van der Waals surface area contributed by atoms with Gasteiger partial charge < -0.3 is 10.1 Å². The summed E-state index contributed by atoms with van der Waals surface area (Å²) >= 11 is 0. The van der Waals surface area contributed by atoms with Crippen LogP contribution in [0.1, 0.15) is 24.6 Å². The van der Waals surface area contributed by atoms with Crippen molar-refractivity contribution in [2.45, 2.75) is 30.0 Å². The molecule has 1 aliphatic rings. The summed E-state index contributed by atoms with van der Waals surface area (Å²) in [6.07, 6.45) is 0.559. The monoisotopic (exact) mass is 386 g/mol. The van der Waals surface area contributed by atoms with Gasteiger partial charge in [-0.05, 0) is 43.2 Å². The highest BCUT2D eigenvalue weighted by Crippen LogP contribution is 2.27. The maximum absolute atomic E-state index is 14.0. The second-order valence-electron chi connectivity index (χ2n) is 5.97. The highest BCUT2D eigenvalue weighted by atomic mass is 32.2. The maximum Gasteiger partial charge on any atom is 0.243 e. The third-order valence-electron chi connectivity index (χ3n) is 3.90. The lowest BCUT2D eigenvalue weighted by atomic mass is 10.1. The Balaban J connectivity index is 1.86. The van der Waals surface area contributed by atoms with Crippen molar-refractivity contribution in [3.05, 3.63) is 59.4 Å². The summed E-state index contributed by atoms with van der Waals surface area (Å²) in [4.78, 5) is -0.491. The summed E-state index contributed by atoms with van der Waals surface area (Å²) in [5.74, 6) is -2.92. The van der Waals surface area contributed by atoms with Gasteiger partial charge in [-0.25, -0.2) is 26.3 Å². The number of hydrogen-bond donors (Lipinski definition) is 2. The van der Waals surface area contributed by atoms with Gasteiger partial charge in [-0.3, -0.25) is 0 Å². The summed E-state index contributed by atoms with van der Waals surface area (Å²) in [6.45, 7) is 0. The molecule has 2 aromatic rings. The molecule has 1 atom stereocenters. The van der Waals surface area contributed by atoms with Crippen LogP contribution in [0.2, 0.25) is 0 Å². The molecule has 1 aliphatic carbocycles. The third kappa shape index (κ3) is 4.17. The third-order valence-corrected chi connectivity index (χ3v) is 5.44. The number of nitrogens with one attached hydrogen (secondary N) is 2. The molecule has 140 valence electrons. The van der Waals surface area contributed by atoms with Crippen LogP contribution in [0.25, 0.3) is 0 Å². The van der Waals surface area contributed by atoms with Crippen LogP contribution in [0.4, 0.5) is 18.9 Å². The molecule has 1 saturated carbocycles. The van der Waals surface area contributed by atoms with Gasteiger partial charge in [-0.1, -0.05) is 6.07 Å². The highest BCUT2D eigenvalue weighted by Gasteiger charge is 2.30.